The maximum atomic E-state index is 8.78. The van der Waals surface area contributed by atoms with Gasteiger partial charge in [-0.1, -0.05) is 6.92 Å². The monoisotopic (exact) mass is 196 g/mol. The molecule has 0 aliphatic carbocycles. The summed E-state index contributed by atoms with van der Waals surface area (Å²) in [5.74, 6) is 0.120. The summed E-state index contributed by atoms with van der Waals surface area (Å²) in [4.78, 5) is 2.39. The molecule has 80 valence electrons. The molecule has 3 nitrogen and oxygen atoms in total. The molecule has 1 aliphatic heterocycles. The van der Waals surface area contributed by atoms with Crippen LogP contribution in [0.3, 0.4) is 0 Å². The van der Waals surface area contributed by atoms with Crippen molar-refractivity contribution in [2.75, 3.05) is 19.7 Å². The highest BCUT2D eigenvalue weighted by atomic mass is 16.5. The Kier molecular flexibility index (Phi) is 4.37. The second kappa shape index (κ2) is 5.33. The van der Waals surface area contributed by atoms with E-state index in [1.165, 1.54) is 0 Å². The largest absolute Gasteiger partial charge is 0.376 e. The molecule has 0 aromatic heterocycles. The lowest BCUT2D eigenvalue weighted by Gasteiger charge is -2.38. The number of morpholine rings is 1. The summed E-state index contributed by atoms with van der Waals surface area (Å²) in [6.45, 7) is 8.90. The van der Waals surface area contributed by atoms with Crippen LogP contribution in [-0.4, -0.2) is 36.7 Å². The summed E-state index contributed by atoms with van der Waals surface area (Å²) < 4.78 is 5.60. The zero-order valence-electron chi connectivity index (χ0n) is 9.36. The Hall–Kier alpha value is -0.590. The maximum absolute atomic E-state index is 8.78. The van der Waals surface area contributed by atoms with Crippen molar-refractivity contribution < 1.29 is 4.74 Å². The van der Waals surface area contributed by atoms with E-state index < -0.39 is 0 Å². The van der Waals surface area contributed by atoms with Gasteiger partial charge < -0.3 is 4.74 Å². The van der Waals surface area contributed by atoms with Crippen LogP contribution < -0.4 is 0 Å². The van der Waals surface area contributed by atoms with Gasteiger partial charge in [0.05, 0.1) is 24.7 Å². The molecule has 3 unspecified atom stereocenters. The number of ether oxygens (including phenoxy) is 1. The molecule has 0 amide bonds. The molecule has 1 heterocycles. The van der Waals surface area contributed by atoms with Crippen LogP contribution in [0.1, 0.15) is 27.2 Å². The summed E-state index contributed by atoms with van der Waals surface area (Å²) >= 11 is 0. The molecule has 1 rings (SSSR count). The van der Waals surface area contributed by atoms with Gasteiger partial charge in [0.1, 0.15) is 0 Å². The van der Waals surface area contributed by atoms with Gasteiger partial charge in [0.2, 0.25) is 0 Å². The Morgan fingerprint density at radius 3 is 2.93 bits per heavy atom. The normalized spacial score (nSPS) is 31.0. The Bertz CT molecular complexity index is 212. The Morgan fingerprint density at radius 1 is 1.64 bits per heavy atom. The van der Waals surface area contributed by atoms with Gasteiger partial charge in [-0.2, -0.15) is 5.26 Å². The van der Waals surface area contributed by atoms with Crippen LogP contribution in [0.4, 0.5) is 0 Å². The van der Waals surface area contributed by atoms with Crippen molar-refractivity contribution in [1.82, 2.24) is 4.90 Å². The fourth-order valence-corrected chi connectivity index (χ4v) is 1.91. The van der Waals surface area contributed by atoms with Gasteiger partial charge in [-0.05, 0) is 20.3 Å². The molecule has 3 heteroatoms. The van der Waals surface area contributed by atoms with E-state index in [-0.39, 0.29) is 5.92 Å². The van der Waals surface area contributed by atoms with Gasteiger partial charge >= 0.3 is 0 Å². The fraction of sp³-hybridized carbons (Fsp3) is 0.909. The number of rotatable bonds is 3. The molecule has 0 aromatic carbocycles. The van der Waals surface area contributed by atoms with Crippen molar-refractivity contribution in [3.05, 3.63) is 0 Å². The third-order valence-corrected chi connectivity index (χ3v) is 2.78. The molecule has 1 aliphatic rings. The molecule has 0 aromatic rings. The molecule has 0 radical (unpaired) electrons. The van der Waals surface area contributed by atoms with Gasteiger partial charge in [0.25, 0.3) is 0 Å². The number of hydrogen-bond acceptors (Lipinski definition) is 3. The van der Waals surface area contributed by atoms with Crippen molar-refractivity contribution in [3.8, 4) is 6.07 Å². The van der Waals surface area contributed by atoms with Crippen LogP contribution in [0, 0.1) is 17.2 Å². The lowest BCUT2D eigenvalue weighted by Crippen LogP contribution is -2.49. The minimum Gasteiger partial charge on any atom is -0.376 e. The van der Waals surface area contributed by atoms with E-state index >= 15 is 0 Å². The van der Waals surface area contributed by atoms with Gasteiger partial charge in [0, 0.05) is 19.1 Å². The van der Waals surface area contributed by atoms with E-state index in [9.17, 15) is 0 Å². The van der Waals surface area contributed by atoms with Crippen LogP contribution in [0.25, 0.3) is 0 Å². The summed E-state index contributed by atoms with van der Waals surface area (Å²) in [6, 6.07) is 2.79. The Morgan fingerprint density at radius 2 is 2.36 bits per heavy atom. The average Bonchev–Trinajstić information content (AvgIpc) is 2.18. The highest BCUT2D eigenvalue weighted by Gasteiger charge is 2.26. The van der Waals surface area contributed by atoms with E-state index in [2.05, 4.69) is 24.8 Å². The average molecular weight is 196 g/mol. The number of nitriles is 1. The lowest BCUT2D eigenvalue weighted by atomic mass is 10.1. The summed E-state index contributed by atoms with van der Waals surface area (Å²) in [5.41, 5.74) is 0. The molecule has 0 spiro atoms. The standard InChI is InChI=1S/C11H20N2O/c1-4-11-8-14-10(3)7-13(11)6-9(2)5-12/h9-11H,4,6-8H2,1-3H3. The van der Waals surface area contributed by atoms with Gasteiger partial charge in [-0.25, -0.2) is 0 Å². The SMILES string of the molecule is CCC1COC(C)CN1CC(C)C#N. The minimum atomic E-state index is 0.120. The smallest absolute Gasteiger partial charge is 0.0674 e. The van der Waals surface area contributed by atoms with E-state index in [1.54, 1.807) is 0 Å². The third kappa shape index (κ3) is 2.97. The summed E-state index contributed by atoms with van der Waals surface area (Å²) in [7, 11) is 0. The van der Waals surface area contributed by atoms with Crippen LogP contribution in [0.5, 0.6) is 0 Å². The first-order valence-corrected chi connectivity index (χ1v) is 5.42. The first-order chi connectivity index (χ1) is 6.67. The molecule has 1 saturated heterocycles. The summed E-state index contributed by atoms with van der Waals surface area (Å²) in [6.07, 6.45) is 1.41. The second-order valence-corrected chi connectivity index (χ2v) is 4.19. The summed E-state index contributed by atoms with van der Waals surface area (Å²) in [5, 5.41) is 8.78. The quantitative estimate of drug-likeness (QED) is 0.688. The Balaban J connectivity index is 2.49. The van der Waals surface area contributed by atoms with Crippen LogP contribution >= 0.6 is 0 Å². The van der Waals surface area contributed by atoms with Crippen molar-refractivity contribution in [3.63, 3.8) is 0 Å². The van der Waals surface area contributed by atoms with E-state index in [1.807, 2.05) is 6.92 Å². The fourth-order valence-electron chi connectivity index (χ4n) is 1.91. The molecule has 0 bridgehead atoms. The first-order valence-electron chi connectivity index (χ1n) is 5.42. The van der Waals surface area contributed by atoms with Gasteiger partial charge in [-0.15, -0.1) is 0 Å². The zero-order valence-corrected chi connectivity index (χ0v) is 9.36. The molecule has 0 N–H and O–H groups in total. The Labute approximate surface area is 86.6 Å². The van der Waals surface area contributed by atoms with Crippen molar-refractivity contribution in [2.24, 2.45) is 5.92 Å². The molecule has 0 saturated carbocycles. The first kappa shape index (κ1) is 11.5. The van der Waals surface area contributed by atoms with E-state index in [0.29, 0.717) is 12.1 Å². The van der Waals surface area contributed by atoms with Crippen molar-refractivity contribution in [2.45, 2.75) is 39.3 Å². The van der Waals surface area contributed by atoms with Crippen LogP contribution in [0.15, 0.2) is 0 Å². The van der Waals surface area contributed by atoms with E-state index in [4.69, 9.17) is 10.00 Å². The number of nitrogens with zero attached hydrogens (tertiary/aromatic N) is 2. The predicted octanol–water partition coefficient (Wildman–Crippen LogP) is 1.65. The highest BCUT2D eigenvalue weighted by Crippen LogP contribution is 2.15. The number of hydrogen-bond donors (Lipinski definition) is 0. The molecule has 1 fully saturated rings. The molecule has 14 heavy (non-hydrogen) atoms. The van der Waals surface area contributed by atoms with E-state index in [0.717, 1.165) is 26.1 Å². The zero-order chi connectivity index (χ0) is 10.6. The lowest BCUT2D eigenvalue weighted by molar-refractivity contribution is -0.0580. The van der Waals surface area contributed by atoms with Crippen LogP contribution in [-0.2, 0) is 4.74 Å². The van der Waals surface area contributed by atoms with Crippen molar-refractivity contribution in [1.29, 1.82) is 5.26 Å². The highest BCUT2D eigenvalue weighted by molar-refractivity contribution is 4.86. The van der Waals surface area contributed by atoms with Gasteiger partial charge in [0.15, 0.2) is 0 Å². The second-order valence-electron chi connectivity index (χ2n) is 4.19. The third-order valence-electron chi connectivity index (χ3n) is 2.78. The predicted molar refractivity (Wildman–Crippen MR) is 55.8 cm³/mol. The molecular weight excluding hydrogens is 176 g/mol. The van der Waals surface area contributed by atoms with Crippen molar-refractivity contribution >= 4 is 0 Å². The topological polar surface area (TPSA) is 36.3 Å². The van der Waals surface area contributed by atoms with Gasteiger partial charge in [-0.3, -0.25) is 4.90 Å². The van der Waals surface area contributed by atoms with Crippen LogP contribution in [0.2, 0.25) is 0 Å². The minimum absolute atomic E-state index is 0.120. The maximum Gasteiger partial charge on any atom is 0.0674 e. The molecule has 3 atom stereocenters. The molecular formula is C11H20N2O.